The lowest BCUT2D eigenvalue weighted by Gasteiger charge is -2.30. The molecule has 8 nitrogen and oxygen atoms in total. The number of thiophene rings is 1. The van der Waals surface area contributed by atoms with E-state index in [4.69, 9.17) is 4.74 Å². The van der Waals surface area contributed by atoms with Crippen molar-refractivity contribution >= 4 is 40.2 Å². The van der Waals surface area contributed by atoms with Gasteiger partial charge in [0.25, 0.3) is 17.7 Å². The van der Waals surface area contributed by atoms with E-state index in [2.05, 4.69) is 17.6 Å². The van der Waals surface area contributed by atoms with Gasteiger partial charge < -0.3 is 15.0 Å². The Morgan fingerprint density at radius 3 is 2.32 bits per heavy atom. The normalized spacial score (nSPS) is 14.1. The molecule has 2 aromatic rings. The largest absolute Gasteiger partial charge is 0.450 e. The van der Waals surface area contributed by atoms with Crippen molar-refractivity contribution in [2.24, 2.45) is 5.92 Å². The maximum absolute atomic E-state index is 12.6. The Labute approximate surface area is 184 Å². The molecule has 1 aliphatic rings. The quantitative estimate of drug-likeness (QED) is 0.732. The number of anilines is 1. The van der Waals surface area contributed by atoms with Crippen molar-refractivity contribution in [3.63, 3.8) is 0 Å². The summed E-state index contributed by atoms with van der Waals surface area (Å²) in [4.78, 5) is 50.8. The molecular formula is C22H25N3O5S. The van der Waals surface area contributed by atoms with Crippen LogP contribution >= 0.6 is 11.3 Å². The first-order valence-corrected chi connectivity index (χ1v) is 11.0. The second-order valence-electron chi connectivity index (χ2n) is 7.34. The molecule has 1 aliphatic heterocycles. The Balaban J connectivity index is 1.63. The minimum absolute atomic E-state index is 0.0324. The molecule has 164 valence electrons. The maximum Gasteiger partial charge on any atom is 0.414 e. The van der Waals surface area contributed by atoms with E-state index < -0.39 is 17.9 Å². The summed E-state index contributed by atoms with van der Waals surface area (Å²) >= 11 is 1.16. The zero-order valence-electron chi connectivity index (χ0n) is 17.5. The number of piperidine rings is 1. The maximum atomic E-state index is 12.6. The van der Waals surface area contributed by atoms with Crippen LogP contribution in [0.3, 0.4) is 0 Å². The molecule has 3 rings (SSSR count). The first-order chi connectivity index (χ1) is 14.9. The fourth-order valence-electron chi connectivity index (χ4n) is 3.25. The van der Waals surface area contributed by atoms with Crippen molar-refractivity contribution in [2.45, 2.75) is 26.7 Å². The number of hydrogen-bond donors (Lipinski definition) is 2. The first-order valence-electron chi connectivity index (χ1n) is 10.1. The fraction of sp³-hybridized carbons (Fsp3) is 0.364. The third kappa shape index (κ3) is 5.69. The Morgan fingerprint density at radius 1 is 1.03 bits per heavy atom. The van der Waals surface area contributed by atoms with Gasteiger partial charge in [-0.3, -0.25) is 19.7 Å². The van der Waals surface area contributed by atoms with Gasteiger partial charge in [-0.2, -0.15) is 0 Å². The van der Waals surface area contributed by atoms with Gasteiger partial charge in [0, 0.05) is 24.2 Å². The van der Waals surface area contributed by atoms with Gasteiger partial charge in [0.2, 0.25) is 0 Å². The van der Waals surface area contributed by atoms with E-state index in [0.717, 1.165) is 37.3 Å². The van der Waals surface area contributed by atoms with E-state index in [0.29, 0.717) is 22.0 Å². The van der Waals surface area contributed by atoms with E-state index >= 15 is 0 Å². The van der Waals surface area contributed by atoms with E-state index in [1.165, 1.54) is 6.07 Å². The highest BCUT2D eigenvalue weighted by molar-refractivity contribution is 7.14. The van der Waals surface area contributed by atoms with Gasteiger partial charge in [0.1, 0.15) is 5.00 Å². The van der Waals surface area contributed by atoms with Crippen molar-refractivity contribution in [3.8, 4) is 0 Å². The molecule has 1 aromatic carbocycles. The lowest BCUT2D eigenvalue weighted by atomic mass is 9.98. The average Bonchev–Trinajstić information content (AvgIpc) is 3.22. The number of rotatable bonds is 5. The number of benzene rings is 1. The number of hydrogen-bond acceptors (Lipinski definition) is 6. The average molecular weight is 444 g/mol. The number of amides is 4. The zero-order valence-corrected chi connectivity index (χ0v) is 18.3. The van der Waals surface area contributed by atoms with Crippen molar-refractivity contribution in [1.29, 1.82) is 0 Å². The number of likely N-dealkylation sites (tertiary alicyclic amines) is 1. The SMILES string of the molecule is CCOC(=O)NC(=O)c1ccsc1NC(=O)c1ccc(C(=O)N2CCC(C)CC2)cc1. The molecule has 0 aliphatic carbocycles. The highest BCUT2D eigenvalue weighted by atomic mass is 32.1. The summed E-state index contributed by atoms with van der Waals surface area (Å²) in [6.45, 7) is 5.46. The summed E-state index contributed by atoms with van der Waals surface area (Å²) in [5.74, 6) is -0.475. The van der Waals surface area contributed by atoms with Crippen molar-refractivity contribution < 1.29 is 23.9 Å². The van der Waals surface area contributed by atoms with Gasteiger partial charge >= 0.3 is 6.09 Å². The van der Waals surface area contributed by atoms with Gasteiger partial charge in [0.15, 0.2) is 0 Å². The third-order valence-electron chi connectivity index (χ3n) is 5.09. The summed E-state index contributed by atoms with van der Waals surface area (Å²) in [5, 5.41) is 6.73. The number of nitrogens with one attached hydrogen (secondary N) is 2. The van der Waals surface area contributed by atoms with Crippen LogP contribution in [-0.2, 0) is 4.74 Å². The molecule has 1 aromatic heterocycles. The number of imide groups is 1. The van der Waals surface area contributed by atoms with E-state index in [1.807, 2.05) is 4.90 Å². The topological polar surface area (TPSA) is 105 Å². The van der Waals surface area contributed by atoms with Crippen molar-refractivity contribution in [3.05, 3.63) is 52.4 Å². The Kier molecular flexibility index (Phi) is 7.41. The molecule has 0 spiro atoms. The fourth-order valence-corrected chi connectivity index (χ4v) is 4.03. The number of carbonyl (C=O) groups is 4. The van der Waals surface area contributed by atoms with Crippen LogP contribution in [0.15, 0.2) is 35.7 Å². The molecular weight excluding hydrogens is 418 g/mol. The number of ether oxygens (including phenoxy) is 1. The van der Waals surface area contributed by atoms with E-state index in [-0.39, 0.29) is 18.1 Å². The Hall–Kier alpha value is -3.20. The third-order valence-corrected chi connectivity index (χ3v) is 5.92. The lowest BCUT2D eigenvalue weighted by molar-refractivity contribution is 0.0696. The van der Waals surface area contributed by atoms with Crippen LogP contribution in [0.2, 0.25) is 0 Å². The monoisotopic (exact) mass is 443 g/mol. The Morgan fingerprint density at radius 2 is 1.68 bits per heavy atom. The number of carbonyl (C=O) groups excluding carboxylic acids is 4. The van der Waals surface area contributed by atoms with Gasteiger partial charge in [-0.25, -0.2) is 4.79 Å². The van der Waals surface area contributed by atoms with Gasteiger partial charge in [-0.1, -0.05) is 6.92 Å². The second-order valence-corrected chi connectivity index (χ2v) is 8.26. The van der Waals surface area contributed by atoms with Crippen LogP contribution in [-0.4, -0.2) is 48.4 Å². The molecule has 4 amide bonds. The van der Waals surface area contributed by atoms with E-state index in [1.54, 1.807) is 36.6 Å². The molecule has 0 bridgehead atoms. The highest BCUT2D eigenvalue weighted by Gasteiger charge is 2.22. The molecule has 9 heteroatoms. The van der Waals surface area contributed by atoms with Crippen molar-refractivity contribution in [1.82, 2.24) is 10.2 Å². The number of alkyl carbamates (subject to hydrolysis) is 1. The van der Waals surface area contributed by atoms with Gasteiger partial charge in [-0.05, 0) is 61.4 Å². The molecule has 31 heavy (non-hydrogen) atoms. The second kappa shape index (κ2) is 10.2. The van der Waals surface area contributed by atoms with Crippen LogP contribution in [0.5, 0.6) is 0 Å². The van der Waals surface area contributed by atoms with Crippen LogP contribution < -0.4 is 10.6 Å². The minimum atomic E-state index is -0.848. The standard InChI is InChI=1S/C22H25N3O5S/c1-3-30-22(29)24-19(27)17-10-13-31-20(17)23-18(26)15-4-6-16(7-5-15)21(28)25-11-8-14(2)9-12-25/h4-7,10,13-14H,3,8-9,11-12H2,1-2H3,(H,23,26)(H,24,27,29). The minimum Gasteiger partial charge on any atom is -0.450 e. The predicted molar refractivity (Wildman–Crippen MR) is 118 cm³/mol. The molecule has 1 fully saturated rings. The highest BCUT2D eigenvalue weighted by Crippen LogP contribution is 2.24. The molecule has 0 atom stereocenters. The van der Waals surface area contributed by atoms with E-state index in [9.17, 15) is 19.2 Å². The molecule has 2 heterocycles. The van der Waals surface area contributed by atoms with Crippen LogP contribution in [0.25, 0.3) is 0 Å². The summed E-state index contributed by atoms with van der Waals surface area (Å²) < 4.78 is 4.69. The van der Waals surface area contributed by atoms with Crippen LogP contribution in [0.4, 0.5) is 9.80 Å². The van der Waals surface area contributed by atoms with Gasteiger partial charge in [-0.15, -0.1) is 11.3 Å². The summed E-state index contributed by atoms with van der Waals surface area (Å²) in [5.41, 5.74) is 1.06. The molecule has 0 saturated carbocycles. The van der Waals surface area contributed by atoms with Crippen LogP contribution in [0, 0.1) is 5.92 Å². The molecule has 0 radical (unpaired) electrons. The lowest BCUT2D eigenvalue weighted by Crippen LogP contribution is -2.37. The molecule has 0 unspecified atom stereocenters. The zero-order chi connectivity index (χ0) is 22.4. The smallest absolute Gasteiger partial charge is 0.414 e. The Bertz CT molecular complexity index is 962. The van der Waals surface area contributed by atoms with Crippen LogP contribution in [0.1, 0.15) is 57.8 Å². The first kappa shape index (κ1) is 22.5. The number of nitrogens with zero attached hydrogens (tertiary/aromatic N) is 1. The predicted octanol–water partition coefficient (Wildman–Crippen LogP) is 3.76. The molecule has 1 saturated heterocycles. The summed E-state index contributed by atoms with van der Waals surface area (Å²) in [7, 11) is 0. The summed E-state index contributed by atoms with van der Waals surface area (Å²) in [6, 6.07) is 7.95. The molecule has 2 N–H and O–H groups in total. The summed E-state index contributed by atoms with van der Waals surface area (Å²) in [6.07, 6.45) is 1.15. The van der Waals surface area contributed by atoms with Crippen molar-refractivity contribution in [2.75, 3.05) is 25.0 Å². The van der Waals surface area contributed by atoms with Gasteiger partial charge in [0.05, 0.1) is 12.2 Å².